The third-order valence-electron chi connectivity index (χ3n) is 4.32. The Morgan fingerprint density at radius 2 is 1.65 bits per heavy atom. The van der Waals surface area contributed by atoms with E-state index in [0.717, 1.165) is 19.1 Å². The molecule has 0 bridgehead atoms. The van der Waals surface area contributed by atoms with Crippen LogP contribution < -0.4 is 0 Å². The van der Waals surface area contributed by atoms with Crippen molar-refractivity contribution in [3.05, 3.63) is 54.4 Å². The van der Waals surface area contributed by atoms with Gasteiger partial charge in [-0.1, -0.05) is 12.1 Å². The van der Waals surface area contributed by atoms with E-state index in [1.54, 1.807) is 23.1 Å². The summed E-state index contributed by atoms with van der Waals surface area (Å²) in [6.07, 6.45) is 6.97. The second kappa shape index (κ2) is 6.20. The number of hydrogen-bond acceptors (Lipinski definition) is 3. The first kappa shape index (κ1) is 15.8. The van der Waals surface area contributed by atoms with E-state index in [2.05, 4.69) is 4.57 Å². The minimum absolute atomic E-state index is 0.109. The predicted molar refractivity (Wildman–Crippen MR) is 88.2 cm³/mol. The van der Waals surface area contributed by atoms with Crippen molar-refractivity contribution < 1.29 is 13.2 Å². The number of benzene rings is 1. The molecular weight excluding hydrogens is 312 g/mol. The van der Waals surface area contributed by atoms with Crippen LogP contribution in [0.5, 0.6) is 0 Å². The summed E-state index contributed by atoms with van der Waals surface area (Å²) in [5, 5.41) is 0. The van der Waals surface area contributed by atoms with Gasteiger partial charge in [-0.15, -0.1) is 0 Å². The van der Waals surface area contributed by atoms with Gasteiger partial charge in [-0.2, -0.15) is 0 Å². The molecule has 0 aliphatic carbocycles. The standard InChI is InChI=1S/C17H20N2O3S/c1-23(21,22)16-7-3-2-6-15(16)17(20)19-12-8-14(9-13-19)18-10-4-5-11-18/h2-7,10-11,14H,8-9,12-13H2,1H3. The Kier molecular flexibility index (Phi) is 4.26. The van der Waals surface area contributed by atoms with Crippen LogP contribution in [0.4, 0.5) is 0 Å². The Balaban J connectivity index is 1.76. The first-order chi connectivity index (χ1) is 11.0. The van der Waals surface area contributed by atoms with Crippen LogP contribution in [-0.2, 0) is 9.84 Å². The summed E-state index contributed by atoms with van der Waals surface area (Å²) in [5.41, 5.74) is 0.273. The van der Waals surface area contributed by atoms with E-state index in [-0.39, 0.29) is 16.4 Å². The zero-order valence-corrected chi connectivity index (χ0v) is 13.9. The van der Waals surface area contributed by atoms with Gasteiger partial charge in [-0.05, 0) is 37.1 Å². The van der Waals surface area contributed by atoms with E-state index in [4.69, 9.17) is 0 Å². The third-order valence-corrected chi connectivity index (χ3v) is 5.47. The number of nitrogens with zero attached hydrogens (tertiary/aromatic N) is 2. The first-order valence-electron chi connectivity index (χ1n) is 7.67. The molecule has 1 fully saturated rings. The summed E-state index contributed by atoms with van der Waals surface area (Å²) in [6, 6.07) is 10.8. The maximum atomic E-state index is 12.7. The van der Waals surface area contributed by atoms with Crippen molar-refractivity contribution in [1.82, 2.24) is 9.47 Å². The van der Waals surface area contributed by atoms with Crippen LogP contribution >= 0.6 is 0 Å². The first-order valence-corrected chi connectivity index (χ1v) is 9.57. The monoisotopic (exact) mass is 332 g/mol. The Hall–Kier alpha value is -2.08. The molecular formula is C17H20N2O3S. The zero-order chi connectivity index (χ0) is 16.4. The number of piperidine rings is 1. The van der Waals surface area contributed by atoms with Gasteiger partial charge >= 0.3 is 0 Å². The van der Waals surface area contributed by atoms with Crippen LogP contribution in [0.25, 0.3) is 0 Å². The molecule has 122 valence electrons. The summed E-state index contributed by atoms with van der Waals surface area (Å²) in [7, 11) is -3.42. The summed E-state index contributed by atoms with van der Waals surface area (Å²) >= 11 is 0. The quantitative estimate of drug-likeness (QED) is 0.867. The molecule has 23 heavy (non-hydrogen) atoms. The van der Waals surface area contributed by atoms with E-state index >= 15 is 0 Å². The van der Waals surface area contributed by atoms with Crippen molar-refractivity contribution in [1.29, 1.82) is 0 Å². The summed E-state index contributed by atoms with van der Waals surface area (Å²) < 4.78 is 25.9. The van der Waals surface area contributed by atoms with Crippen molar-refractivity contribution >= 4 is 15.7 Å². The fourth-order valence-electron chi connectivity index (χ4n) is 3.10. The molecule has 0 spiro atoms. The van der Waals surface area contributed by atoms with Crippen LogP contribution in [0.2, 0.25) is 0 Å². The second-order valence-corrected chi connectivity index (χ2v) is 7.91. The summed E-state index contributed by atoms with van der Waals surface area (Å²) in [4.78, 5) is 14.6. The molecule has 0 saturated carbocycles. The van der Waals surface area contributed by atoms with Crippen LogP contribution in [0, 0.1) is 0 Å². The fourth-order valence-corrected chi connectivity index (χ4v) is 3.98. The summed E-state index contributed by atoms with van der Waals surface area (Å²) in [6.45, 7) is 1.28. The van der Waals surface area contributed by atoms with Crippen LogP contribution in [0.15, 0.2) is 53.7 Å². The smallest absolute Gasteiger partial charge is 0.255 e. The lowest BCUT2D eigenvalue weighted by atomic mass is 10.0. The number of rotatable bonds is 3. The predicted octanol–water partition coefficient (Wildman–Crippen LogP) is 2.37. The van der Waals surface area contributed by atoms with Gasteiger partial charge in [0.15, 0.2) is 9.84 Å². The molecule has 1 aliphatic rings. The highest BCUT2D eigenvalue weighted by Crippen LogP contribution is 2.25. The van der Waals surface area contributed by atoms with Crippen molar-refractivity contribution in [3.63, 3.8) is 0 Å². The highest BCUT2D eigenvalue weighted by atomic mass is 32.2. The fraction of sp³-hybridized carbons (Fsp3) is 0.353. The van der Waals surface area contributed by atoms with E-state index < -0.39 is 9.84 Å². The molecule has 3 rings (SSSR count). The highest BCUT2D eigenvalue weighted by Gasteiger charge is 2.27. The summed E-state index contributed by atoms with van der Waals surface area (Å²) in [5.74, 6) is -0.197. The average molecular weight is 332 g/mol. The zero-order valence-electron chi connectivity index (χ0n) is 13.1. The van der Waals surface area contributed by atoms with E-state index in [0.29, 0.717) is 19.1 Å². The molecule has 1 amide bonds. The number of hydrogen-bond donors (Lipinski definition) is 0. The topological polar surface area (TPSA) is 59.4 Å². The van der Waals surface area contributed by atoms with E-state index in [9.17, 15) is 13.2 Å². The normalized spacial score (nSPS) is 16.5. The lowest BCUT2D eigenvalue weighted by molar-refractivity contribution is 0.0691. The maximum absolute atomic E-state index is 12.7. The Labute approximate surface area is 136 Å². The van der Waals surface area contributed by atoms with Crippen molar-refractivity contribution in [3.8, 4) is 0 Å². The average Bonchev–Trinajstić information content (AvgIpc) is 3.08. The van der Waals surface area contributed by atoms with Crippen molar-refractivity contribution in [2.24, 2.45) is 0 Å². The molecule has 5 nitrogen and oxygen atoms in total. The van der Waals surface area contributed by atoms with E-state index in [1.165, 1.54) is 6.07 Å². The Morgan fingerprint density at radius 3 is 2.26 bits per heavy atom. The molecule has 6 heteroatoms. The molecule has 1 aromatic heterocycles. The van der Waals surface area contributed by atoms with Crippen molar-refractivity contribution in [2.75, 3.05) is 19.3 Å². The van der Waals surface area contributed by atoms with Crippen LogP contribution in [0.1, 0.15) is 29.2 Å². The van der Waals surface area contributed by atoms with Gasteiger partial charge < -0.3 is 9.47 Å². The van der Waals surface area contributed by atoms with Gasteiger partial charge in [0.25, 0.3) is 5.91 Å². The molecule has 0 unspecified atom stereocenters. The largest absolute Gasteiger partial charge is 0.351 e. The van der Waals surface area contributed by atoms with Gasteiger partial charge in [0.05, 0.1) is 10.5 Å². The number of amides is 1. The number of likely N-dealkylation sites (tertiary alicyclic amines) is 1. The number of sulfone groups is 1. The van der Waals surface area contributed by atoms with Gasteiger partial charge in [0, 0.05) is 37.8 Å². The van der Waals surface area contributed by atoms with Gasteiger partial charge in [-0.3, -0.25) is 4.79 Å². The Bertz CT molecular complexity index is 789. The molecule has 0 atom stereocenters. The van der Waals surface area contributed by atoms with Gasteiger partial charge in [0.1, 0.15) is 0 Å². The molecule has 2 aromatic rings. The molecule has 1 aliphatic heterocycles. The molecule has 2 heterocycles. The molecule has 1 aromatic carbocycles. The SMILES string of the molecule is CS(=O)(=O)c1ccccc1C(=O)N1CCC(n2cccc2)CC1. The lowest BCUT2D eigenvalue weighted by Gasteiger charge is -2.33. The second-order valence-electron chi connectivity index (χ2n) is 5.92. The Morgan fingerprint density at radius 1 is 1.04 bits per heavy atom. The number of aromatic nitrogens is 1. The lowest BCUT2D eigenvalue weighted by Crippen LogP contribution is -2.39. The molecule has 1 saturated heterocycles. The van der Waals surface area contributed by atoms with Crippen LogP contribution in [0.3, 0.4) is 0 Å². The minimum Gasteiger partial charge on any atom is -0.351 e. The molecule has 0 N–H and O–H groups in total. The highest BCUT2D eigenvalue weighted by molar-refractivity contribution is 7.90. The van der Waals surface area contributed by atoms with Crippen LogP contribution in [-0.4, -0.2) is 43.1 Å². The van der Waals surface area contributed by atoms with Gasteiger partial charge in [0.2, 0.25) is 0 Å². The van der Waals surface area contributed by atoms with Gasteiger partial charge in [-0.25, -0.2) is 8.42 Å². The third kappa shape index (κ3) is 3.32. The number of carbonyl (C=O) groups excluding carboxylic acids is 1. The van der Waals surface area contributed by atoms with Crippen molar-refractivity contribution in [2.45, 2.75) is 23.8 Å². The van der Waals surface area contributed by atoms with E-state index in [1.807, 2.05) is 24.5 Å². The maximum Gasteiger partial charge on any atom is 0.255 e. The number of carbonyl (C=O) groups is 1. The minimum atomic E-state index is -3.42. The molecule has 0 radical (unpaired) electrons.